The summed E-state index contributed by atoms with van der Waals surface area (Å²) in [7, 11) is 0. The van der Waals surface area contributed by atoms with E-state index in [0.29, 0.717) is 5.69 Å². The molecular weight excluding hydrogens is 324 g/mol. The van der Waals surface area contributed by atoms with Crippen LogP contribution in [0.15, 0.2) is 60.7 Å². The van der Waals surface area contributed by atoms with Crippen molar-refractivity contribution in [2.75, 3.05) is 16.8 Å². The number of carbonyl (C=O) groups is 1. The van der Waals surface area contributed by atoms with Crippen molar-refractivity contribution in [3.63, 3.8) is 0 Å². The first kappa shape index (κ1) is 16.3. The SMILES string of the molecule is Cc1ccc(NC(=O)c2ccc(N3CCc4ccccc4C3)nn2)cc1. The summed E-state index contributed by atoms with van der Waals surface area (Å²) in [6.45, 7) is 3.73. The van der Waals surface area contributed by atoms with E-state index < -0.39 is 0 Å². The average molecular weight is 344 g/mol. The molecule has 1 aliphatic rings. The lowest BCUT2D eigenvalue weighted by atomic mass is 10.00. The zero-order valence-electron chi connectivity index (χ0n) is 14.6. The zero-order chi connectivity index (χ0) is 17.9. The van der Waals surface area contributed by atoms with Gasteiger partial charge in [0.1, 0.15) is 0 Å². The van der Waals surface area contributed by atoms with E-state index in [0.717, 1.165) is 36.6 Å². The lowest BCUT2D eigenvalue weighted by molar-refractivity contribution is 0.102. The van der Waals surface area contributed by atoms with Gasteiger partial charge in [0, 0.05) is 18.8 Å². The van der Waals surface area contributed by atoms with Gasteiger partial charge in [0.25, 0.3) is 5.91 Å². The van der Waals surface area contributed by atoms with Gasteiger partial charge >= 0.3 is 0 Å². The van der Waals surface area contributed by atoms with Crippen molar-refractivity contribution < 1.29 is 4.79 Å². The summed E-state index contributed by atoms with van der Waals surface area (Å²) in [4.78, 5) is 14.5. The number of benzene rings is 2. The van der Waals surface area contributed by atoms with Crippen molar-refractivity contribution in [2.45, 2.75) is 19.9 Å². The van der Waals surface area contributed by atoms with Crippen molar-refractivity contribution in [1.82, 2.24) is 10.2 Å². The van der Waals surface area contributed by atoms with Crippen molar-refractivity contribution in [3.8, 4) is 0 Å². The van der Waals surface area contributed by atoms with Crippen molar-refractivity contribution in [3.05, 3.63) is 83.0 Å². The summed E-state index contributed by atoms with van der Waals surface area (Å²) in [5.74, 6) is 0.545. The number of hydrogen-bond acceptors (Lipinski definition) is 4. The molecule has 1 N–H and O–H groups in total. The van der Waals surface area contributed by atoms with E-state index in [2.05, 4.69) is 44.7 Å². The number of fused-ring (bicyclic) bond motifs is 1. The summed E-state index contributed by atoms with van der Waals surface area (Å²) in [6, 6.07) is 19.7. The van der Waals surface area contributed by atoms with Crippen LogP contribution in [0.2, 0.25) is 0 Å². The molecule has 5 nitrogen and oxygen atoms in total. The Morgan fingerprint density at radius 3 is 2.46 bits per heavy atom. The van der Waals surface area contributed by atoms with Gasteiger partial charge in [-0.15, -0.1) is 10.2 Å². The Balaban J connectivity index is 1.45. The molecule has 26 heavy (non-hydrogen) atoms. The van der Waals surface area contributed by atoms with Gasteiger partial charge in [0.05, 0.1) is 0 Å². The van der Waals surface area contributed by atoms with Gasteiger partial charge in [-0.3, -0.25) is 4.79 Å². The van der Waals surface area contributed by atoms with Gasteiger partial charge in [0.15, 0.2) is 11.5 Å². The number of hydrogen-bond donors (Lipinski definition) is 1. The fourth-order valence-electron chi connectivity index (χ4n) is 3.14. The molecule has 0 fully saturated rings. The molecule has 2 heterocycles. The molecule has 4 rings (SSSR count). The summed E-state index contributed by atoms with van der Waals surface area (Å²) < 4.78 is 0. The van der Waals surface area contributed by atoms with E-state index in [-0.39, 0.29) is 5.91 Å². The standard InChI is InChI=1S/C21H20N4O/c1-15-6-8-18(9-7-15)22-21(26)19-10-11-20(24-23-19)25-13-12-16-4-2-3-5-17(16)14-25/h2-11H,12-14H2,1H3,(H,22,26). The van der Waals surface area contributed by atoms with Crippen LogP contribution in [0.25, 0.3) is 0 Å². The van der Waals surface area contributed by atoms with Crippen LogP contribution in [0.1, 0.15) is 27.2 Å². The highest BCUT2D eigenvalue weighted by molar-refractivity contribution is 6.02. The molecule has 0 saturated heterocycles. The predicted molar refractivity (Wildman–Crippen MR) is 102 cm³/mol. The molecular formula is C21H20N4O. The number of anilines is 2. The first-order chi connectivity index (χ1) is 12.7. The largest absolute Gasteiger partial charge is 0.350 e. The van der Waals surface area contributed by atoms with E-state index >= 15 is 0 Å². The van der Waals surface area contributed by atoms with Crippen LogP contribution in [-0.4, -0.2) is 22.6 Å². The third-order valence-corrected chi connectivity index (χ3v) is 4.65. The van der Waals surface area contributed by atoms with Crippen molar-refractivity contribution >= 4 is 17.4 Å². The quantitative estimate of drug-likeness (QED) is 0.789. The third kappa shape index (κ3) is 3.42. The monoisotopic (exact) mass is 344 g/mol. The second kappa shape index (κ2) is 6.96. The minimum Gasteiger partial charge on any atom is -0.350 e. The summed E-state index contributed by atoms with van der Waals surface area (Å²) in [5, 5.41) is 11.2. The molecule has 3 aromatic rings. The van der Waals surface area contributed by atoms with E-state index in [1.54, 1.807) is 6.07 Å². The van der Waals surface area contributed by atoms with E-state index in [1.807, 2.05) is 37.3 Å². The maximum absolute atomic E-state index is 12.3. The molecule has 1 aromatic heterocycles. The molecule has 0 unspecified atom stereocenters. The van der Waals surface area contributed by atoms with Crippen LogP contribution in [0.3, 0.4) is 0 Å². The Morgan fingerprint density at radius 2 is 1.73 bits per heavy atom. The second-order valence-corrected chi connectivity index (χ2v) is 6.54. The highest BCUT2D eigenvalue weighted by Crippen LogP contribution is 2.22. The number of rotatable bonds is 3. The number of nitrogens with zero attached hydrogens (tertiary/aromatic N) is 3. The van der Waals surface area contributed by atoms with Crippen LogP contribution in [-0.2, 0) is 13.0 Å². The molecule has 0 bridgehead atoms. The number of amides is 1. The van der Waals surface area contributed by atoms with Gasteiger partial charge in [-0.05, 0) is 48.7 Å². The van der Waals surface area contributed by atoms with Crippen molar-refractivity contribution in [2.24, 2.45) is 0 Å². The molecule has 0 radical (unpaired) electrons. The van der Waals surface area contributed by atoms with E-state index in [1.165, 1.54) is 11.1 Å². The molecule has 1 aliphatic heterocycles. The van der Waals surface area contributed by atoms with Crippen LogP contribution in [0.4, 0.5) is 11.5 Å². The Hall–Kier alpha value is -3.21. The fourth-order valence-corrected chi connectivity index (χ4v) is 3.14. The number of nitrogens with one attached hydrogen (secondary N) is 1. The van der Waals surface area contributed by atoms with Crippen LogP contribution < -0.4 is 10.2 Å². The van der Waals surface area contributed by atoms with Gasteiger partial charge < -0.3 is 10.2 Å². The number of carbonyl (C=O) groups excluding carboxylic acids is 1. The molecule has 0 aliphatic carbocycles. The van der Waals surface area contributed by atoms with E-state index in [4.69, 9.17) is 0 Å². The lowest BCUT2D eigenvalue weighted by Gasteiger charge is -2.29. The van der Waals surface area contributed by atoms with Crippen LogP contribution in [0.5, 0.6) is 0 Å². The zero-order valence-corrected chi connectivity index (χ0v) is 14.6. The first-order valence-corrected chi connectivity index (χ1v) is 8.72. The van der Waals surface area contributed by atoms with E-state index in [9.17, 15) is 4.79 Å². The highest BCUT2D eigenvalue weighted by atomic mass is 16.1. The molecule has 0 spiro atoms. The van der Waals surface area contributed by atoms with Gasteiger partial charge in [-0.25, -0.2) is 0 Å². The topological polar surface area (TPSA) is 58.1 Å². The molecule has 2 aromatic carbocycles. The van der Waals surface area contributed by atoms with Gasteiger partial charge in [-0.1, -0.05) is 42.0 Å². The maximum atomic E-state index is 12.3. The Labute approximate surface area is 152 Å². The second-order valence-electron chi connectivity index (χ2n) is 6.54. The predicted octanol–water partition coefficient (Wildman–Crippen LogP) is 3.60. The third-order valence-electron chi connectivity index (χ3n) is 4.65. The summed E-state index contributed by atoms with van der Waals surface area (Å²) in [5.41, 5.74) is 4.92. The summed E-state index contributed by atoms with van der Waals surface area (Å²) in [6.07, 6.45) is 0.994. The normalized spacial score (nSPS) is 13.2. The minimum atomic E-state index is -0.253. The molecule has 130 valence electrons. The minimum absolute atomic E-state index is 0.253. The summed E-state index contributed by atoms with van der Waals surface area (Å²) >= 11 is 0. The average Bonchev–Trinajstić information content (AvgIpc) is 2.69. The molecule has 5 heteroatoms. The Kier molecular flexibility index (Phi) is 4.35. The lowest BCUT2D eigenvalue weighted by Crippen LogP contribution is -2.31. The van der Waals surface area contributed by atoms with Gasteiger partial charge in [-0.2, -0.15) is 0 Å². The number of aromatic nitrogens is 2. The first-order valence-electron chi connectivity index (χ1n) is 8.72. The molecule has 0 atom stereocenters. The smallest absolute Gasteiger partial charge is 0.276 e. The number of aryl methyl sites for hydroxylation is 1. The highest BCUT2D eigenvalue weighted by Gasteiger charge is 2.18. The van der Waals surface area contributed by atoms with Crippen molar-refractivity contribution in [1.29, 1.82) is 0 Å². The maximum Gasteiger partial charge on any atom is 0.276 e. The van der Waals surface area contributed by atoms with Crippen LogP contribution >= 0.6 is 0 Å². The Bertz CT molecular complexity index is 920. The fraction of sp³-hybridized carbons (Fsp3) is 0.190. The van der Waals surface area contributed by atoms with Crippen LogP contribution in [0, 0.1) is 6.92 Å². The van der Waals surface area contributed by atoms with Gasteiger partial charge in [0.2, 0.25) is 0 Å². The molecule has 0 saturated carbocycles. The molecule has 1 amide bonds. The Morgan fingerprint density at radius 1 is 0.962 bits per heavy atom.